The first kappa shape index (κ1) is 18.1. The molecule has 3 rings (SSSR count). The van der Waals surface area contributed by atoms with Gasteiger partial charge in [0.05, 0.1) is 30.4 Å². The molecule has 7 heteroatoms. The minimum atomic E-state index is -0.0547. The second-order valence-electron chi connectivity index (χ2n) is 5.73. The predicted octanol–water partition coefficient (Wildman–Crippen LogP) is 3.17. The van der Waals surface area contributed by atoms with Crippen LogP contribution in [0, 0.1) is 6.92 Å². The zero-order valence-electron chi connectivity index (χ0n) is 14.7. The largest absolute Gasteiger partial charge is 0.497 e. The second-order valence-corrected chi connectivity index (χ2v) is 6.69. The number of hydrogen-bond donors (Lipinski definition) is 2. The number of imidazole rings is 1. The van der Waals surface area contributed by atoms with E-state index in [0.29, 0.717) is 24.1 Å². The zero-order valence-corrected chi connectivity index (χ0v) is 15.6. The molecule has 0 saturated carbocycles. The maximum absolute atomic E-state index is 11.9. The highest BCUT2D eigenvalue weighted by Crippen LogP contribution is 2.22. The Bertz CT molecular complexity index is 895. The molecule has 0 aliphatic heterocycles. The van der Waals surface area contributed by atoms with Crippen molar-refractivity contribution in [2.24, 2.45) is 0 Å². The second kappa shape index (κ2) is 8.62. The maximum Gasteiger partial charge on any atom is 0.230 e. The van der Waals surface area contributed by atoms with Crippen molar-refractivity contribution in [3.05, 3.63) is 48.0 Å². The third kappa shape index (κ3) is 4.92. The number of carbonyl (C=O) groups is 1. The van der Waals surface area contributed by atoms with Crippen LogP contribution in [-0.4, -0.2) is 41.9 Å². The molecule has 0 saturated heterocycles. The van der Waals surface area contributed by atoms with Crippen molar-refractivity contribution in [3.8, 4) is 11.5 Å². The van der Waals surface area contributed by atoms with Gasteiger partial charge in [0, 0.05) is 6.07 Å². The average Bonchev–Trinajstić information content (AvgIpc) is 3.05. The first-order chi connectivity index (χ1) is 12.6. The fraction of sp³-hybridized carbons (Fsp3) is 0.263. The van der Waals surface area contributed by atoms with E-state index in [1.807, 2.05) is 49.4 Å². The molecule has 136 valence electrons. The van der Waals surface area contributed by atoms with Crippen LogP contribution in [0.4, 0.5) is 0 Å². The minimum absolute atomic E-state index is 0.0547. The molecule has 3 aromatic rings. The van der Waals surface area contributed by atoms with Gasteiger partial charge in [-0.2, -0.15) is 0 Å². The van der Waals surface area contributed by atoms with E-state index < -0.39 is 0 Å². The Morgan fingerprint density at radius 3 is 2.92 bits per heavy atom. The van der Waals surface area contributed by atoms with Gasteiger partial charge in [-0.05, 0) is 36.8 Å². The molecule has 0 aliphatic rings. The number of nitrogens with one attached hydrogen (secondary N) is 2. The van der Waals surface area contributed by atoms with E-state index in [0.717, 1.165) is 28.1 Å². The van der Waals surface area contributed by atoms with Gasteiger partial charge in [-0.3, -0.25) is 4.79 Å². The Morgan fingerprint density at radius 1 is 1.23 bits per heavy atom. The van der Waals surface area contributed by atoms with Crippen LogP contribution >= 0.6 is 11.8 Å². The number of carbonyl (C=O) groups excluding carboxylic acids is 1. The molecule has 0 fully saturated rings. The number of nitrogens with zero attached hydrogens (tertiary/aromatic N) is 1. The van der Waals surface area contributed by atoms with Crippen molar-refractivity contribution in [2.75, 3.05) is 26.0 Å². The Hall–Kier alpha value is -2.67. The van der Waals surface area contributed by atoms with Crippen LogP contribution in [0.2, 0.25) is 0 Å². The van der Waals surface area contributed by atoms with Crippen molar-refractivity contribution in [1.29, 1.82) is 0 Å². The number of fused-ring (bicyclic) bond motifs is 1. The van der Waals surface area contributed by atoms with Gasteiger partial charge in [0.2, 0.25) is 5.91 Å². The third-order valence-electron chi connectivity index (χ3n) is 3.69. The normalized spacial score (nSPS) is 10.7. The molecule has 1 aromatic heterocycles. The lowest BCUT2D eigenvalue weighted by Gasteiger charge is -2.08. The Kier molecular flexibility index (Phi) is 6.01. The van der Waals surface area contributed by atoms with Crippen LogP contribution in [0.25, 0.3) is 11.0 Å². The number of thioether (sulfide) groups is 1. The number of benzene rings is 2. The van der Waals surface area contributed by atoms with E-state index in [1.54, 1.807) is 7.11 Å². The fourth-order valence-corrected chi connectivity index (χ4v) is 3.12. The van der Waals surface area contributed by atoms with E-state index in [-0.39, 0.29) is 5.91 Å². The topological polar surface area (TPSA) is 76.2 Å². The Morgan fingerprint density at radius 2 is 2.12 bits per heavy atom. The zero-order chi connectivity index (χ0) is 18.4. The average molecular weight is 371 g/mol. The van der Waals surface area contributed by atoms with Crippen LogP contribution in [0.5, 0.6) is 11.5 Å². The molecule has 2 aromatic carbocycles. The van der Waals surface area contributed by atoms with E-state index in [4.69, 9.17) is 9.47 Å². The molecule has 0 spiro atoms. The monoisotopic (exact) mass is 371 g/mol. The molecular formula is C19H21N3O3S. The number of aryl methyl sites for hydroxylation is 1. The first-order valence-corrected chi connectivity index (χ1v) is 9.25. The van der Waals surface area contributed by atoms with Crippen molar-refractivity contribution in [3.63, 3.8) is 0 Å². The molecule has 6 nitrogen and oxygen atoms in total. The van der Waals surface area contributed by atoms with Gasteiger partial charge in [0.1, 0.15) is 18.1 Å². The molecule has 0 unspecified atom stereocenters. The molecule has 0 bridgehead atoms. The molecule has 2 N–H and O–H groups in total. The number of rotatable bonds is 8. The summed E-state index contributed by atoms with van der Waals surface area (Å²) in [7, 11) is 1.63. The Labute approximate surface area is 156 Å². The van der Waals surface area contributed by atoms with E-state index in [9.17, 15) is 4.79 Å². The molecule has 0 atom stereocenters. The highest BCUT2D eigenvalue weighted by atomic mass is 32.2. The summed E-state index contributed by atoms with van der Waals surface area (Å²) in [6.07, 6.45) is 0. The SMILES string of the molecule is COc1ccc2nc(SCC(=O)NCCOc3cccc(C)c3)[nH]c2c1. The van der Waals surface area contributed by atoms with E-state index in [1.165, 1.54) is 11.8 Å². The molecular weight excluding hydrogens is 350 g/mol. The minimum Gasteiger partial charge on any atom is -0.497 e. The van der Waals surface area contributed by atoms with Gasteiger partial charge < -0.3 is 19.8 Å². The molecule has 0 aliphatic carbocycles. The number of amides is 1. The fourth-order valence-electron chi connectivity index (χ4n) is 2.41. The van der Waals surface area contributed by atoms with Gasteiger partial charge in [0.15, 0.2) is 5.16 Å². The molecule has 1 heterocycles. The van der Waals surface area contributed by atoms with E-state index in [2.05, 4.69) is 15.3 Å². The number of aromatic nitrogens is 2. The van der Waals surface area contributed by atoms with Crippen molar-refractivity contribution < 1.29 is 14.3 Å². The smallest absolute Gasteiger partial charge is 0.230 e. The first-order valence-electron chi connectivity index (χ1n) is 8.27. The van der Waals surface area contributed by atoms with Gasteiger partial charge in [-0.1, -0.05) is 23.9 Å². The summed E-state index contributed by atoms with van der Waals surface area (Å²) in [5.41, 5.74) is 2.88. The molecule has 1 amide bonds. The third-order valence-corrected chi connectivity index (χ3v) is 4.56. The number of ether oxygens (including phenoxy) is 2. The van der Waals surface area contributed by atoms with Crippen molar-refractivity contribution >= 4 is 28.7 Å². The van der Waals surface area contributed by atoms with Crippen LogP contribution in [0.3, 0.4) is 0 Å². The predicted molar refractivity (Wildman–Crippen MR) is 103 cm³/mol. The lowest BCUT2D eigenvalue weighted by molar-refractivity contribution is -0.118. The van der Waals surface area contributed by atoms with Gasteiger partial charge >= 0.3 is 0 Å². The van der Waals surface area contributed by atoms with Crippen LogP contribution in [0.15, 0.2) is 47.6 Å². The van der Waals surface area contributed by atoms with Gasteiger partial charge in [-0.15, -0.1) is 0 Å². The van der Waals surface area contributed by atoms with Crippen LogP contribution in [0.1, 0.15) is 5.56 Å². The summed E-state index contributed by atoms with van der Waals surface area (Å²) in [6.45, 7) is 2.91. The van der Waals surface area contributed by atoms with E-state index >= 15 is 0 Å². The van der Waals surface area contributed by atoms with Gasteiger partial charge in [0.25, 0.3) is 0 Å². The summed E-state index contributed by atoms with van der Waals surface area (Å²) in [5.74, 6) is 1.82. The summed E-state index contributed by atoms with van der Waals surface area (Å²) in [4.78, 5) is 19.6. The van der Waals surface area contributed by atoms with Crippen LogP contribution in [-0.2, 0) is 4.79 Å². The van der Waals surface area contributed by atoms with Crippen molar-refractivity contribution in [1.82, 2.24) is 15.3 Å². The summed E-state index contributed by atoms with van der Waals surface area (Å²) >= 11 is 1.36. The lowest BCUT2D eigenvalue weighted by Crippen LogP contribution is -2.29. The number of hydrogen-bond acceptors (Lipinski definition) is 5. The maximum atomic E-state index is 11.9. The standard InChI is InChI=1S/C19H21N3O3S/c1-13-4-3-5-15(10-13)25-9-8-20-18(23)12-26-19-21-16-7-6-14(24-2)11-17(16)22-19/h3-7,10-11H,8-9,12H2,1-2H3,(H,20,23)(H,21,22). The number of aromatic amines is 1. The summed E-state index contributed by atoms with van der Waals surface area (Å²) < 4.78 is 10.8. The number of H-pyrrole nitrogens is 1. The lowest BCUT2D eigenvalue weighted by atomic mass is 10.2. The number of methoxy groups -OCH3 is 1. The highest BCUT2D eigenvalue weighted by Gasteiger charge is 2.08. The van der Waals surface area contributed by atoms with Crippen molar-refractivity contribution in [2.45, 2.75) is 12.1 Å². The molecule has 26 heavy (non-hydrogen) atoms. The molecule has 0 radical (unpaired) electrons. The quantitative estimate of drug-likeness (QED) is 0.470. The Balaban J connectivity index is 1.41. The van der Waals surface area contributed by atoms with Gasteiger partial charge in [-0.25, -0.2) is 4.98 Å². The summed E-state index contributed by atoms with van der Waals surface area (Å²) in [6, 6.07) is 13.5. The van der Waals surface area contributed by atoms with Crippen LogP contribution < -0.4 is 14.8 Å². The summed E-state index contributed by atoms with van der Waals surface area (Å²) in [5, 5.41) is 3.55. The highest BCUT2D eigenvalue weighted by molar-refractivity contribution is 7.99.